The van der Waals surface area contributed by atoms with Crippen molar-refractivity contribution >= 4 is 11.6 Å². The number of nitrogens with one attached hydrogen (secondary N) is 1. The van der Waals surface area contributed by atoms with E-state index in [9.17, 15) is 4.79 Å². The Hall–Kier alpha value is -2.76. The molecule has 0 radical (unpaired) electrons. The summed E-state index contributed by atoms with van der Waals surface area (Å²) in [6.07, 6.45) is 2.98. The molecule has 0 saturated carbocycles. The predicted molar refractivity (Wildman–Crippen MR) is 79.4 cm³/mol. The van der Waals surface area contributed by atoms with Gasteiger partial charge in [-0.05, 0) is 18.2 Å². The molecule has 110 valence electrons. The monoisotopic (exact) mass is 287 g/mol. The van der Waals surface area contributed by atoms with E-state index in [-0.39, 0.29) is 5.91 Å². The van der Waals surface area contributed by atoms with Gasteiger partial charge < -0.3 is 20.5 Å². The van der Waals surface area contributed by atoms with Gasteiger partial charge in [-0.1, -0.05) is 0 Å². The summed E-state index contributed by atoms with van der Waals surface area (Å²) in [5.74, 6) is 1.06. The largest absolute Gasteiger partial charge is 0.497 e. The third-order valence-corrected chi connectivity index (χ3v) is 3.03. The molecule has 0 bridgehead atoms. The number of benzene rings is 1. The molecule has 1 aromatic carbocycles. The number of carbonyl (C=O) groups is 1. The highest BCUT2D eigenvalue weighted by molar-refractivity contribution is 5.98. The Morgan fingerprint density at radius 1 is 1.29 bits per heavy atom. The molecular formula is C15H17N3O3. The fourth-order valence-electron chi connectivity index (χ4n) is 1.86. The number of nitrogen functional groups attached to an aromatic ring is 1. The van der Waals surface area contributed by atoms with Crippen molar-refractivity contribution in [3.63, 3.8) is 0 Å². The van der Waals surface area contributed by atoms with Crippen molar-refractivity contribution in [3.05, 3.63) is 47.8 Å². The van der Waals surface area contributed by atoms with Gasteiger partial charge >= 0.3 is 0 Å². The number of pyridine rings is 1. The second-order valence-corrected chi connectivity index (χ2v) is 4.32. The number of ether oxygens (including phenoxy) is 2. The lowest BCUT2D eigenvalue weighted by atomic mass is 10.1. The highest BCUT2D eigenvalue weighted by atomic mass is 16.5. The molecule has 0 aliphatic heterocycles. The summed E-state index contributed by atoms with van der Waals surface area (Å²) in [7, 11) is 3.15. The van der Waals surface area contributed by atoms with E-state index in [2.05, 4.69) is 10.3 Å². The van der Waals surface area contributed by atoms with Gasteiger partial charge in [0.1, 0.15) is 11.5 Å². The molecule has 0 aliphatic carbocycles. The molecule has 0 aliphatic rings. The van der Waals surface area contributed by atoms with E-state index in [0.29, 0.717) is 29.3 Å². The molecule has 0 atom stereocenters. The zero-order valence-corrected chi connectivity index (χ0v) is 11.9. The number of methoxy groups -OCH3 is 2. The lowest BCUT2D eigenvalue weighted by Gasteiger charge is -2.11. The Morgan fingerprint density at radius 2 is 2.10 bits per heavy atom. The highest BCUT2D eigenvalue weighted by Gasteiger charge is 2.11. The van der Waals surface area contributed by atoms with Crippen LogP contribution in [0.3, 0.4) is 0 Å². The van der Waals surface area contributed by atoms with E-state index in [0.717, 1.165) is 5.56 Å². The highest BCUT2D eigenvalue weighted by Crippen LogP contribution is 2.24. The molecule has 2 rings (SSSR count). The Labute approximate surface area is 122 Å². The van der Waals surface area contributed by atoms with Crippen molar-refractivity contribution in [1.82, 2.24) is 10.3 Å². The van der Waals surface area contributed by atoms with Gasteiger partial charge in [0.25, 0.3) is 5.91 Å². The fraction of sp³-hybridized carbons (Fsp3) is 0.200. The first-order valence-corrected chi connectivity index (χ1v) is 6.34. The van der Waals surface area contributed by atoms with Gasteiger partial charge in [-0.15, -0.1) is 0 Å². The van der Waals surface area contributed by atoms with E-state index in [1.807, 2.05) is 12.1 Å². The summed E-state index contributed by atoms with van der Waals surface area (Å²) >= 11 is 0. The smallest absolute Gasteiger partial charge is 0.255 e. The number of anilines is 1. The van der Waals surface area contributed by atoms with Crippen LogP contribution >= 0.6 is 0 Å². The lowest BCUT2D eigenvalue weighted by molar-refractivity contribution is 0.0951. The SMILES string of the molecule is COc1ccc(CNC(=O)c2cnccc2N)c(OC)c1. The number of nitrogens with zero attached hydrogens (tertiary/aromatic N) is 1. The van der Waals surface area contributed by atoms with Gasteiger partial charge in [0.2, 0.25) is 0 Å². The van der Waals surface area contributed by atoms with Crippen molar-refractivity contribution < 1.29 is 14.3 Å². The normalized spacial score (nSPS) is 10.0. The van der Waals surface area contributed by atoms with Crippen LogP contribution < -0.4 is 20.5 Å². The van der Waals surface area contributed by atoms with Crippen LogP contribution in [0.4, 0.5) is 5.69 Å². The Morgan fingerprint density at radius 3 is 2.76 bits per heavy atom. The topological polar surface area (TPSA) is 86.5 Å². The molecule has 21 heavy (non-hydrogen) atoms. The minimum absolute atomic E-state index is 0.279. The first-order valence-electron chi connectivity index (χ1n) is 6.34. The van der Waals surface area contributed by atoms with Crippen molar-refractivity contribution in [2.75, 3.05) is 20.0 Å². The molecule has 0 spiro atoms. The van der Waals surface area contributed by atoms with Gasteiger partial charge in [-0.25, -0.2) is 0 Å². The zero-order chi connectivity index (χ0) is 15.2. The van der Waals surface area contributed by atoms with E-state index >= 15 is 0 Å². The van der Waals surface area contributed by atoms with Gasteiger partial charge in [-0.2, -0.15) is 0 Å². The molecule has 2 aromatic rings. The summed E-state index contributed by atoms with van der Waals surface area (Å²) < 4.78 is 10.4. The third kappa shape index (κ3) is 3.42. The minimum atomic E-state index is -0.279. The average Bonchev–Trinajstić information content (AvgIpc) is 2.52. The summed E-state index contributed by atoms with van der Waals surface area (Å²) in [5, 5.41) is 2.79. The molecule has 0 saturated heterocycles. The van der Waals surface area contributed by atoms with E-state index in [4.69, 9.17) is 15.2 Å². The zero-order valence-electron chi connectivity index (χ0n) is 11.9. The van der Waals surface area contributed by atoms with Crippen LogP contribution in [0.5, 0.6) is 11.5 Å². The van der Waals surface area contributed by atoms with Crippen LogP contribution in [-0.2, 0) is 6.54 Å². The van der Waals surface area contributed by atoms with Crippen LogP contribution in [-0.4, -0.2) is 25.1 Å². The van der Waals surface area contributed by atoms with Crippen molar-refractivity contribution in [2.45, 2.75) is 6.54 Å². The number of rotatable bonds is 5. The first kappa shape index (κ1) is 14.6. The summed E-state index contributed by atoms with van der Waals surface area (Å²) in [5.41, 5.74) is 7.33. The first-order chi connectivity index (χ1) is 10.2. The van der Waals surface area contributed by atoms with Crippen LogP contribution in [0.25, 0.3) is 0 Å². The van der Waals surface area contributed by atoms with E-state index < -0.39 is 0 Å². The van der Waals surface area contributed by atoms with Gasteiger partial charge in [0.05, 0.1) is 19.8 Å². The van der Waals surface area contributed by atoms with E-state index in [1.54, 1.807) is 32.5 Å². The van der Waals surface area contributed by atoms with Crippen LogP contribution in [0, 0.1) is 0 Å². The number of carbonyl (C=O) groups excluding carboxylic acids is 1. The number of amides is 1. The maximum atomic E-state index is 12.1. The van der Waals surface area contributed by atoms with Gasteiger partial charge in [0.15, 0.2) is 0 Å². The fourth-order valence-corrected chi connectivity index (χ4v) is 1.86. The lowest BCUT2D eigenvalue weighted by Crippen LogP contribution is -2.24. The molecular weight excluding hydrogens is 270 g/mol. The van der Waals surface area contributed by atoms with Gasteiger partial charge in [-0.3, -0.25) is 9.78 Å². The second kappa shape index (κ2) is 6.60. The quantitative estimate of drug-likeness (QED) is 0.872. The predicted octanol–water partition coefficient (Wildman–Crippen LogP) is 1.61. The molecule has 3 N–H and O–H groups in total. The average molecular weight is 287 g/mol. The standard InChI is InChI=1S/C15H17N3O3/c1-20-11-4-3-10(14(7-11)21-2)8-18-15(19)12-9-17-6-5-13(12)16/h3-7,9H,8H2,1-2H3,(H2,16,17)(H,18,19). The maximum absolute atomic E-state index is 12.1. The summed E-state index contributed by atoms with van der Waals surface area (Å²) in [6, 6.07) is 7.00. The Bertz CT molecular complexity index is 644. The second-order valence-electron chi connectivity index (χ2n) is 4.32. The maximum Gasteiger partial charge on any atom is 0.255 e. The van der Waals surface area contributed by atoms with Crippen LogP contribution in [0.2, 0.25) is 0 Å². The molecule has 1 amide bonds. The van der Waals surface area contributed by atoms with Crippen molar-refractivity contribution in [3.8, 4) is 11.5 Å². The summed E-state index contributed by atoms with van der Waals surface area (Å²) in [6.45, 7) is 0.320. The molecule has 0 fully saturated rings. The molecule has 6 nitrogen and oxygen atoms in total. The number of hydrogen-bond donors (Lipinski definition) is 2. The van der Waals surface area contributed by atoms with E-state index in [1.165, 1.54) is 6.20 Å². The third-order valence-electron chi connectivity index (χ3n) is 3.03. The molecule has 6 heteroatoms. The Balaban J connectivity index is 2.10. The van der Waals surface area contributed by atoms with Crippen LogP contribution in [0.15, 0.2) is 36.7 Å². The van der Waals surface area contributed by atoms with Gasteiger partial charge in [0, 0.05) is 36.3 Å². The number of aromatic nitrogens is 1. The molecule has 1 heterocycles. The van der Waals surface area contributed by atoms with Crippen LogP contribution in [0.1, 0.15) is 15.9 Å². The molecule has 1 aromatic heterocycles. The number of hydrogen-bond acceptors (Lipinski definition) is 5. The molecule has 0 unspecified atom stereocenters. The number of nitrogens with two attached hydrogens (primary N) is 1. The van der Waals surface area contributed by atoms with Crippen molar-refractivity contribution in [1.29, 1.82) is 0 Å². The van der Waals surface area contributed by atoms with Crippen molar-refractivity contribution in [2.24, 2.45) is 0 Å². The summed E-state index contributed by atoms with van der Waals surface area (Å²) in [4.78, 5) is 16.0. The minimum Gasteiger partial charge on any atom is -0.497 e. The Kier molecular flexibility index (Phi) is 4.61.